The molecule has 2 atom stereocenters. The Bertz CT molecular complexity index is 479. The molecule has 0 aliphatic rings. The van der Waals surface area contributed by atoms with E-state index in [1.807, 2.05) is 18.3 Å². The molecule has 0 spiro atoms. The fourth-order valence-corrected chi connectivity index (χ4v) is 2.25. The van der Waals surface area contributed by atoms with Crippen LogP contribution in [0, 0.1) is 0 Å². The summed E-state index contributed by atoms with van der Waals surface area (Å²) in [6.45, 7) is 4.31. The highest BCUT2D eigenvalue weighted by molar-refractivity contribution is 5.26. The van der Waals surface area contributed by atoms with Crippen molar-refractivity contribution in [1.29, 1.82) is 0 Å². The Morgan fingerprint density at radius 1 is 1.32 bits per heavy atom. The lowest BCUT2D eigenvalue weighted by Gasteiger charge is -2.21. The van der Waals surface area contributed by atoms with E-state index in [4.69, 9.17) is 0 Å². The van der Waals surface area contributed by atoms with Crippen LogP contribution in [0.3, 0.4) is 0 Å². The van der Waals surface area contributed by atoms with E-state index in [9.17, 15) is 5.11 Å². The zero-order valence-corrected chi connectivity index (χ0v) is 11.4. The van der Waals surface area contributed by atoms with E-state index >= 15 is 0 Å². The minimum absolute atomic E-state index is 0.252. The average molecular weight is 259 g/mol. The van der Waals surface area contributed by atoms with Crippen LogP contribution in [0.5, 0.6) is 5.75 Å². The normalized spacial score (nSPS) is 14.2. The van der Waals surface area contributed by atoms with Crippen molar-refractivity contribution in [1.82, 2.24) is 15.3 Å². The van der Waals surface area contributed by atoms with Gasteiger partial charge in [-0.05, 0) is 37.5 Å². The predicted octanol–water partition coefficient (Wildman–Crippen LogP) is 2.79. The monoisotopic (exact) mass is 259 g/mol. The molecule has 0 fully saturated rings. The second kappa shape index (κ2) is 6.38. The summed E-state index contributed by atoms with van der Waals surface area (Å²) < 4.78 is 0. The van der Waals surface area contributed by atoms with Crippen molar-refractivity contribution in [2.45, 2.75) is 38.8 Å². The highest BCUT2D eigenvalue weighted by atomic mass is 16.3. The van der Waals surface area contributed by atoms with Gasteiger partial charge in [0.1, 0.15) is 11.6 Å². The first kappa shape index (κ1) is 13.6. The van der Waals surface area contributed by atoms with Crippen LogP contribution in [0.2, 0.25) is 0 Å². The van der Waals surface area contributed by atoms with Crippen molar-refractivity contribution in [3.8, 4) is 5.75 Å². The second-order valence-corrected chi connectivity index (χ2v) is 4.87. The molecule has 0 saturated heterocycles. The van der Waals surface area contributed by atoms with Gasteiger partial charge in [0, 0.05) is 18.4 Å². The lowest BCUT2D eigenvalue weighted by atomic mass is 10.1. The maximum atomic E-state index is 9.27. The number of H-pyrrole nitrogens is 1. The van der Waals surface area contributed by atoms with E-state index in [1.54, 1.807) is 18.3 Å². The Morgan fingerprint density at radius 2 is 2.05 bits per heavy atom. The highest BCUT2D eigenvalue weighted by Gasteiger charge is 2.14. The third kappa shape index (κ3) is 3.83. The smallest absolute Gasteiger partial charge is 0.123 e. The van der Waals surface area contributed by atoms with Gasteiger partial charge in [-0.25, -0.2) is 4.98 Å². The molecule has 1 aromatic heterocycles. The molecule has 0 bridgehead atoms. The summed E-state index contributed by atoms with van der Waals surface area (Å²) in [7, 11) is 0. The molecular formula is C15H21N3O. The average Bonchev–Trinajstić information content (AvgIpc) is 2.92. The Hall–Kier alpha value is -1.81. The molecule has 19 heavy (non-hydrogen) atoms. The minimum Gasteiger partial charge on any atom is -0.508 e. The van der Waals surface area contributed by atoms with E-state index < -0.39 is 0 Å². The maximum absolute atomic E-state index is 9.27. The molecule has 1 aromatic carbocycles. The SMILES string of the molecule is CCC(NC(C)Cc1ccc(O)cc1)c1ncc[nH]1. The zero-order chi connectivity index (χ0) is 13.7. The van der Waals surface area contributed by atoms with E-state index in [0.29, 0.717) is 11.8 Å². The van der Waals surface area contributed by atoms with E-state index in [-0.39, 0.29) is 6.04 Å². The van der Waals surface area contributed by atoms with Crippen LogP contribution in [0.25, 0.3) is 0 Å². The van der Waals surface area contributed by atoms with Crippen molar-refractivity contribution < 1.29 is 5.11 Å². The largest absolute Gasteiger partial charge is 0.508 e. The predicted molar refractivity (Wildman–Crippen MR) is 76.0 cm³/mol. The van der Waals surface area contributed by atoms with Crippen molar-refractivity contribution >= 4 is 0 Å². The summed E-state index contributed by atoms with van der Waals surface area (Å²) in [4.78, 5) is 7.47. The quantitative estimate of drug-likeness (QED) is 0.747. The molecule has 0 aliphatic carbocycles. The molecule has 2 unspecified atom stereocenters. The molecule has 0 aliphatic heterocycles. The molecule has 0 saturated carbocycles. The fourth-order valence-electron chi connectivity index (χ4n) is 2.25. The number of nitrogens with one attached hydrogen (secondary N) is 2. The number of rotatable bonds is 6. The number of benzene rings is 1. The summed E-state index contributed by atoms with van der Waals surface area (Å²) in [5.41, 5.74) is 1.21. The van der Waals surface area contributed by atoms with Gasteiger partial charge in [0.25, 0.3) is 0 Å². The van der Waals surface area contributed by atoms with Crippen molar-refractivity contribution in [2.75, 3.05) is 0 Å². The molecule has 102 valence electrons. The van der Waals surface area contributed by atoms with Crippen LogP contribution >= 0.6 is 0 Å². The summed E-state index contributed by atoms with van der Waals surface area (Å²) in [6, 6.07) is 7.97. The van der Waals surface area contributed by atoms with Crippen LogP contribution in [-0.4, -0.2) is 21.1 Å². The number of imidazole rings is 1. The minimum atomic E-state index is 0.252. The topological polar surface area (TPSA) is 60.9 Å². The Labute approximate surface area is 113 Å². The lowest BCUT2D eigenvalue weighted by Crippen LogP contribution is -2.32. The van der Waals surface area contributed by atoms with Crippen LogP contribution in [0.4, 0.5) is 0 Å². The van der Waals surface area contributed by atoms with Gasteiger partial charge in [-0.2, -0.15) is 0 Å². The Balaban J connectivity index is 1.93. The van der Waals surface area contributed by atoms with Crippen LogP contribution in [0.15, 0.2) is 36.7 Å². The van der Waals surface area contributed by atoms with Crippen molar-refractivity contribution in [3.63, 3.8) is 0 Å². The summed E-state index contributed by atoms with van der Waals surface area (Å²) >= 11 is 0. The number of aromatic nitrogens is 2. The van der Waals surface area contributed by atoms with Gasteiger partial charge < -0.3 is 15.4 Å². The van der Waals surface area contributed by atoms with Crippen molar-refractivity contribution in [3.05, 3.63) is 48.0 Å². The molecule has 2 aromatic rings. The van der Waals surface area contributed by atoms with E-state index in [0.717, 1.165) is 18.7 Å². The number of hydrogen-bond acceptors (Lipinski definition) is 3. The van der Waals surface area contributed by atoms with E-state index in [1.165, 1.54) is 5.56 Å². The lowest BCUT2D eigenvalue weighted by molar-refractivity contribution is 0.429. The second-order valence-electron chi connectivity index (χ2n) is 4.87. The molecule has 0 radical (unpaired) electrons. The number of phenolic OH excluding ortho intramolecular Hbond substituents is 1. The van der Waals surface area contributed by atoms with Crippen molar-refractivity contribution in [2.24, 2.45) is 0 Å². The van der Waals surface area contributed by atoms with Gasteiger partial charge in [0.05, 0.1) is 6.04 Å². The van der Waals surface area contributed by atoms with Crippen LogP contribution in [0.1, 0.15) is 37.7 Å². The van der Waals surface area contributed by atoms with Gasteiger partial charge in [-0.3, -0.25) is 0 Å². The third-order valence-electron chi connectivity index (χ3n) is 3.22. The van der Waals surface area contributed by atoms with Crippen LogP contribution < -0.4 is 5.32 Å². The van der Waals surface area contributed by atoms with Gasteiger partial charge in [0.15, 0.2) is 0 Å². The van der Waals surface area contributed by atoms with Gasteiger partial charge in [-0.1, -0.05) is 19.1 Å². The standard InChI is InChI=1S/C15H21N3O/c1-3-14(15-16-8-9-17-15)18-11(2)10-12-4-6-13(19)7-5-12/h4-9,11,14,18-19H,3,10H2,1-2H3,(H,16,17). The first-order chi connectivity index (χ1) is 9.19. The summed E-state index contributed by atoms with van der Waals surface area (Å²) in [5.74, 6) is 1.30. The Kier molecular flexibility index (Phi) is 4.58. The Morgan fingerprint density at radius 3 is 2.63 bits per heavy atom. The first-order valence-corrected chi connectivity index (χ1v) is 6.72. The zero-order valence-electron chi connectivity index (χ0n) is 11.4. The van der Waals surface area contributed by atoms with Gasteiger partial charge >= 0.3 is 0 Å². The number of hydrogen-bond donors (Lipinski definition) is 3. The molecule has 2 rings (SSSR count). The van der Waals surface area contributed by atoms with Crippen LogP contribution in [-0.2, 0) is 6.42 Å². The highest BCUT2D eigenvalue weighted by Crippen LogP contribution is 2.15. The molecule has 1 heterocycles. The maximum Gasteiger partial charge on any atom is 0.123 e. The molecule has 3 N–H and O–H groups in total. The van der Waals surface area contributed by atoms with Gasteiger partial charge in [0.2, 0.25) is 0 Å². The van der Waals surface area contributed by atoms with E-state index in [2.05, 4.69) is 29.1 Å². The number of nitrogens with zero attached hydrogens (tertiary/aromatic N) is 1. The third-order valence-corrected chi connectivity index (χ3v) is 3.22. The fraction of sp³-hybridized carbons (Fsp3) is 0.400. The number of phenols is 1. The number of aromatic amines is 1. The summed E-state index contributed by atoms with van der Waals surface area (Å²) in [5, 5.41) is 12.8. The summed E-state index contributed by atoms with van der Waals surface area (Å²) in [6.07, 6.45) is 5.56. The molecule has 0 amide bonds. The molecular weight excluding hydrogens is 238 g/mol. The first-order valence-electron chi connectivity index (χ1n) is 6.72. The molecule has 4 heteroatoms. The molecule has 4 nitrogen and oxygen atoms in total. The number of aromatic hydroxyl groups is 1. The van der Waals surface area contributed by atoms with Gasteiger partial charge in [-0.15, -0.1) is 0 Å².